The molecule has 0 atom stereocenters. The van der Waals surface area contributed by atoms with Gasteiger partial charge in [-0.15, -0.1) is 0 Å². The number of nitrogens with zero attached hydrogens (tertiary/aromatic N) is 2. The predicted molar refractivity (Wildman–Crippen MR) is 155 cm³/mol. The minimum absolute atomic E-state index is 1.16. The van der Waals surface area contributed by atoms with E-state index in [1.165, 1.54) is 60.7 Å². The first-order valence-electron chi connectivity index (χ1n) is 12.8. The van der Waals surface area contributed by atoms with Gasteiger partial charge in [0, 0.05) is 5.39 Å². The normalized spacial score (nSPS) is 11.5. The molecule has 0 radical (unpaired) electrons. The second-order valence-electron chi connectivity index (χ2n) is 9.80. The van der Waals surface area contributed by atoms with E-state index in [0.29, 0.717) is 0 Å². The number of hydrogen-bond acceptors (Lipinski definition) is 0. The van der Waals surface area contributed by atoms with Crippen LogP contribution in [0.4, 0.5) is 0 Å². The van der Waals surface area contributed by atoms with Gasteiger partial charge in [-0.1, -0.05) is 84.9 Å². The Hall–Kier alpha value is -4.69. The zero-order valence-corrected chi connectivity index (χ0v) is 21.0. The van der Waals surface area contributed by atoms with Gasteiger partial charge in [-0.2, -0.15) is 4.57 Å². The van der Waals surface area contributed by atoms with Gasteiger partial charge in [-0.25, -0.2) is 4.57 Å². The van der Waals surface area contributed by atoms with Gasteiger partial charge in [0.1, 0.15) is 5.69 Å². The van der Waals surface area contributed by atoms with Gasteiger partial charge in [0.15, 0.2) is 11.0 Å². The summed E-state index contributed by atoms with van der Waals surface area (Å²) in [6.07, 6.45) is 0. The lowest BCUT2D eigenvalue weighted by Gasteiger charge is -2.10. The molecule has 0 saturated heterocycles. The lowest BCUT2D eigenvalue weighted by molar-refractivity contribution is -0.633. The molecule has 7 rings (SSSR count). The number of fused-ring (bicyclic) bond motifs is 4. The largest absolute Gasteiger partial charge is 0.295 e. The molecular weight excluding hydrogens is 448 g/mol. The zero-order chi connectivity index (χ0) is 24.9. The van der Waals surface area contributed by atoms with Crippen molar-refractivity contribution in [3.63, 3.8) is 0 Å². The SMILES string of the molecule is Cc1ccc(-c2ccc3ccccc3c2)cc1-c1n(-c2ccccc2)c2c3ccccc3ccc2[n+]1C. The fourth-order valence-electron chi connectivity index (χ4n) is 5.66. The Balaban J connectivity index is 1.54. The van der Waals surface area contributed by atoms with Crippen molar-refractivity contribution in [2.24, 2.45) is 7.05 Å². The molecule has 0 amide bonds. The van der Waals surface area contributed by atoms with Crippen LogP contribution in [0.1, 0.15) is 5.56 Å². The van der Waals surface area contributed by atoms with Gasteiger partial charge < -0.3 is 0 Å². The lowest BCUT2D eigenvalue weighted by Crippen LogP contribution is -2.30. The van der Waals surface area contributed by atoms with Gasteiger partial charge in [-0.3, -0.25) is 0 Å². The summed E-state index contributed by atoms with van der Waals surface area (Å²) < 4.78 is 4.78. The molecule has 0 aliphatic heterocycles. The molecule has 1 heterocycles. The van der Waals surface area contributed by atoms with Crippen LogP contribution in [0, 0.1) is 6.92 Å². The highest BCUT2D eigenvalue weighted by Gasteiger charge is 2.28. The molecule has 0 fully saturated rings. The van der Waals surface area contributed by atoms with Crippen LogP contribution in [0.5, 0.6) is 0 Å². The monoisotopic (exact) mass is 475 g/mol. The Morgan fingerprint density at radius 3 is 2.05 bits per heavy atom. The summed E-state index contributed by atoms with van der Waals surface area (Å²) in [4.78, 5) is 0. The summed E-state index contributed by atoms with van der Waals surface area (Å²) in [6.45, 7) is 2.21. The van der Waals surface area contributed by atoms with Crippen molar-refractivity contribution in [1.29, 1.82) is 0 Å². The van der Waals surface area contributed by atoms with E-state index in [1.807, 2.05) is 0 Å². The molecule has 0 N–H and O–H groups in total. The van der Waals surface area contributed by atoms with E-state index in [4.69, 9.17) is 0 Å². The Morgan fingerprint density at radius 1 is 0.568 bits per heavy atom. The highest BCUT2D eigenvalue weighted by molar-refractivity contribution is 6.05. The fraction of sp³-hybridized carbons (Fsp3) is 0.0571. The summed E-state index contributed by atoms with van der Waals surface area (Å²) >= 11 is 0. The number of aromatic nitrogens is 2. The van der Waals surface area contributed by atoms with Crippen LogP contribution in [0.25, 0.3) is 60.8 Å². The molecule has 7 aromatic rings. The maximum absolute atomic E-state index is 2.43. The van der Waals surface area contributed by atoms with Crippen LogP contribution in [0.15, 0.2) is 127 Å². The van der Waals surface area contributed by atoms with E-state index in [9.17, 15) is 0 Å². The van der Waals surface area contributed by atoms with Gasteiger partial charge >= 0.3 is 0 Å². The Labute approximate surface area is 216 Å². The molecule has 37 heavy (non-hydrogen) atoms. The van der Waals surface area contributed by atoms with E-state index in [-0.39, 0.29) is 0 Å². The second-order valence-corrected chi connectivity index (χ2v) is 9.80. The first-order valence-corrected chi connectivity index (χ1v) is 12.8. The van der Waals surface area contributed by atoms with Crippen LogP contribution < -0.4 is 4.57 Å². The van der Waals surface area contributed by atoms with Gasteiger partial charge in [-0.05, 0) is 82.2 Å². The molecular formula is C35H27N2+. The number of aryl methyl sites for hydroxylation is 2. The van der Waals surface area contributed by atoms with Crippen LogP contribution in [-0.4, -0.2) is 4.57 Å². The van der Waals surface area contributed by atoms with Crippen LogP contribution >= 0.6 is 0 Å². The van der Waals surface area contributed by atoms with Crippen LogP contribution in [0.2, 0.25) is 0 Å². The highest BCUT2D eigenvalue weighted by Crippen LogP contribution is 2.35. The Kier molecular flexibility index (Phi) is 4.93. The van der Waals surface area contributed by atoms with Gasteiger partial charge in [0.25, 0.3) is 5.82 Å². The van der Waals surface area contributed by atoms with E-state index in [0.717, 1.165) is 5.69 Å². The quantitative estimate of drug-likeness (QED) is 0.227. The molecule has 0 bridgehead atoms. The third-order valence-corrected chi connectivity index (χ3v) is 7.57. The average Bonchev–Trinajstić information content (AvgIpc) is 3.26. The fourth-order valence-corrected chi connectivity index (χ4v) is 5.66. The molecule has 1 aromatic heterocycles. The Bertz CT molecular complexity index is 1940. The van der Waals surface area contributed by atoms with Gasteiger partial charge in [0.2, 0.25) is 0 Å². The summed E-state index contributed by atoms with van der Waals surface area (Å²) in [5.41, 5.74) is 8.55. The number of rotatable bonds is 3. The standard InChI is InChI=1S/C35H27N2/c1-24-16-17-29(28-19-18-25-10-6-7-12-27(25)22-28)23-32(24)35-36(2)33-21-20-26-11-8-9-15-31(26)34(33)37(35)30-13-4-3-5-14-30/h3-23H,1-2H3/q+1. The third-order valence-electron chi connectivity index (χ3n) is 7.57. The summed E-state index contributed by atoms with van der Waals surface area (Å²) in [6, 6.07) is 46.0. The van der Waals surface area contributed by atoms with Crippen molar-refractivity contribution >= 4 is 32.6 Å². The highest BCUT2D eigenvalue weighted by atomic mass is 15.2. The minimum atomic E-state index is 1.16. The summed E-state index contributed by atoms with van der Waals surface area (Å²) in [5, 5.41) is 5.03. The molecule has 0 aliphatic carbocycles. The lowest BCUT2D eigenvalue weighted by atomic mass is 9.97. The van der Waals surface area contributed by atoms with Crippen molar-refractivity contribution in [2.45, 2.75) is 6.92 Å². The molecule has 0 spiro atoms. The van der Waals surface area contributed by atoms with Crippen molar-refractivity contribution < 1.29 is 4.57 Å². The number of para-hydroxylation sites is 1. The maximum atomic E-state index is 2.43. The van der Waals surface area contributed by atoms with E-state index >= 15 is 0 Å². The topological polar surface area (TPSA) is 8.81 Å². The molecule has 0 unspecified atom stereocenters. The molecule has 6 aromatic carbocycles. The maximum Gasteiger partial charge on any atom is 0.295 e. The molecule has 176 valence electrons. The van der Waals surface area contributed by atoms with Gasteiger partial charge in [0.05, 0.1) is 12.6 Å². The number of hydrogen-bond donors (Lipinski definition) is 0. The van der Waals surface area contributed by atoms with Crippen LogP contribution in [-0.2, 0) is 7.05 Å². The zero-order valence-electron chi connectivity index (χ0n) is 21.0. The number of benzene rings is 6. The van der Waals surface area contributed by atoms with E-state index < -0.39 is 0 Å². The van der Waals surface area contributed by atoms with Crippen LogP contribution in [0.3, 0.4) is 0 Å². The van der Waals surface area contributed by atoms with Crippen molar-refractivity contribution in [3.05, 3.63) is 133 Å². The predicted octanol–water partition coefficient (Wildman–Crippen LogP) is 8.40. The summed E-state index contributed by atoms with van der Waals surface area (Å²) in [5.74, 6) is 1.18. The van der Waals surface area contributed by atoms with Crippen molar-refractivity contribution in [1.82, 2.24) is 4.57 Å². The van der Waals surface area contributed by atoms with E-state index in [1.54, 1.807) is 0 Å². The molecule has 0 aliphatic rings. The molecule has 2 nitrogen and oxygen atoms in total. The summed E-state index contributed by atoms with van der Waals surface area (Å²) in [7, 11) is 2.19. The van der Waals surface area contributed by atoms with E-state index in [2.05, 4.69) is 150 Å². The minimum Gasteiger partial charge on any atom is -0.225 e. The molecule has 0 saturated carbocycles. The average molecular weight is 476 g/mol. The third kappa shape index (κ3) is 3.45. The van der Waals surface area contributed by atoms with Crippen molar-refractivity contribution in [2.75, 3.05) is 0 Å². The molecule has 2 heteroatoms. The first kappa shape index (κ1) is 21.6. The number of imidazole rings is 1. The smallest absolute Gasteiger partial charge is 0.225 e. The second kappa shape index (κ2) is 8.46. The van der Waals surface area contributed by atoms with Crippen molar-refractivity contribution in [3.8, 4) is 28.2 Å². The first-order chi connectivity index (χ1) is 18.2. The Morgan fingerprint density at radius 2 is 1.22 bits per heavy atom.